The predicted octanol–water partition coefficient (Wildman–Crippen LogP) is 2.21. The summed E-state index contributed by atoms with van der Waals surface area (Å²) in [5, 5.41) is 4.52. The summed E-state index contributed by atoms with van der Waals surface area (Å²) in [6.07, 6.45) is -4.66. The summed E-state index contributed by atoms with van der Waals surface area (Å²) in [5.41, 5.74) is -1.15. The third kappa shape index (κ3) is 8.70. The van der Waals surface area contributed by atoms with Gasteiger partial charge in [0.05, 0.1) is 30.2 Å². The van der Waals surface area contributed by atoms with Crippen LogP contribution in [-0.2, 0) is 20.6 Å². The van der Waals surface area contributed by atoms with Crippen LogP contribution in [0.2, 0.25) is 5.02 Å². The zero-order valence-electron chi connectivity index (χ0n) is 16.6. The molecule has 0 fully saturated rings. The summed E-state index contributed by atoms with van der Waals surface area (Å²) in [4.78, 5) is 38.5. The lowest BCUT2D eigenvalue weighted by Crippen LogP contribution is -2.44. The zero-order valence-corrected chi connectivity index (χ0v) is 17.3. The van der Waals surface area contributed by atoms with Crippen molar-refractivity contribution in [2.24, 2.45) is 0 Å². The highest BCUT2D eigenvalue weighted by Crippen LogP contribution is 2.36. The van der Waals surface area contributed by atoms with Gasteiger partial charge in [-0.3, -0.25) is 19.3 Å². The van der Waals surface area contributed by atoms with Crippen LogP contribution in [0.5, 0.6) is 0 Å². The maximum absolute atomic E-state index is 12.9. The first-order valence-electron chi connectivity index (χ1n) is 8.68. The van der Waals surface area contributed by atoms with Gasteiger partial charge < -0.3 is 15.5 Å². The Morgan fingerprint density at radius 2 is 1.69 bits per heavy atom. The van der Waals surface area contributed by atoms with E-state index in [1.165, 1.54) is 18.0 Å². The van der Waals surface area contributed by atoms with Crippen LogP contribution < -0.4 is 10.6 Å². The van der Waals surface area contributed by atoms with Crippen molar-refractivity contribution in [1.82, 2.24) is 15.1 Å². The van der Waals surface area contributed by atoms with Gasteiger partial charge in [0.2, 0.25) is 17.7 Å². The lowest BCUT2D eigenvalue weighted by molar-refractivity contribution is -0.137. The average molecular weight is 437 g/mol. The third-order valence-corrected chi connectivity index (χ3v) is 3.96. The molecule has 0 heterocycles. The molecule has 162 valence electrons. The van der Waals surface area contributed by atoms with Crippen molar-refractivity contribution in [3.8, 4) is 0 Å². The number of halogens is 4. The fraction of sp³-hybridized carbons (Fsp3) is 0.500. The number of alkyl halides is 3. The number of anilines is 1. The molecule has 0 spiro atoms. The molecule has 1 aromatic rings. The Morgan fingerprint density at radius 3 is 2.24 bits per heavy atom. The minimum Gasteiger partial charge on any atom is -0.353 e. The monoisotopic (exact) mass is 436 g/mol. The molecule has 0 unspecified atom stereocenters. The van der Waals surface area contributed by atoms with Crippen molar-refractivity contribution < 1.29 is 27.6 Å². The molecule has 0 aromatic heterocycles. The van der Waals surface area contributed by atoms with Crippen molar-refractivity contribution in [2.75, 3.05) is 39.0 Å². The summed E-state index contributed by atoms with van der Waals surface area (Å²) >= 11 is 5.54. The van der Waals surface area contributed by atoms with E-state index in [1.807, 2.05) is 13.8 Å². The highest BCUT2D eigenvalue weighted by Gasteiger charge is 2.33. The van der Waals surface area contributed by atoms with Crippen LogP contribution in [-0.4, -0.2) is 67.3 Å². The molecule has 11 heteroatoms. The summed E-state index contributed by atoms with van der Waals surface area (Å²) in [7, 11) is 2.96. The molecule has 3 amide bonds. The number of carbonyl (C=O) groups is 3. The molecular formula is C18H24ClF3N4O3. The predicted molar refractivity (Wildman–Crippen MR) is 103 cm³/mol. The minimum atomic E-state index is -4.66. The standard InChI is InChI=1S/C18H24ClF3N4O3/c1-11(2)23-15(27)8-25(3)10-17(29)26(4)9-16(28)24-12-5-6-14(19)13(7-12)18(20,21)22/h5-7,11H,8-10H2,1-4H3,(H,23,27)(H,24,28). The van der Waals surface area contributed by atoms with E-state index in [1.54, 1.807) is 7.05 Å². The molecule has 2 N–H and O–H groups in total. The average Bonchev–Trinajstić information content (AvgIpc) is 2.54. The van der Waals surface area contributed by atoms with Gasteiger partial charge in [-0.1, -0.05) is 11.6 Å². The molecule has 0 saturated carbocycles. The molecule has 0 aliphatic rings. The number of nitrogens with one attached hydrogen (secondary N) is 2. The summed E-state index contributed by atoms with van der Waals surface area (Å²) < 4.78 is 38.6. The van der Waals surface area contributed by atoms with Crippen LogP contribution in [0.4, 0.5) is 18.9 Å². The Labute approximate surface area is 172 Å². The molecule has 0 aliphatic heterocycles. The van der Waals surface area contributed by atoms with E-state index in [0.29, 0.717) is 0 Å². The summed E-state index contributed by atoms with van der Waals surface area (Å²) in [5.74, 6) is -1.33. The van der Waals surface area contributed by atoms with Crippen LogP contribution in [0.15, 0.2) is 18.2 Å². The fourth-order valence-electron chi connectivity index (χ4n) is 2.34. The van der Waals surface area contributed by atoms with E-state index in [-0.39, 0.29) is 37.3 Å². The van der Waals surface area contributed by atoms with Gasteiger partial charge in [0.15, 0.2) is 0 Å². The lowest BCUT2D eigenvalue weighted by Gasteiger charge is -2.21. The first-order valence-corrected chi connectivity index (χ1v) is 9.06. The number of nitrogens with zero attached hydrogens (tertiary/aromatic N) is 2. The molecule has 29 heavy (non-hydrogen) atoms. The topological polar surface area (TPSA) is 81.8 Å². The normalized spacial score (nSPS) is 11.5. The Hall–Kier alpha value is -2.33. The lowest BCUT2D eigenvalue weighted by atomic mass is 10.2. The van der Waals surface area contributed by atoms with Crippen molar-refractivity contribution >= 4 is 35.0 Å². The van der Waals surface area contributed by atoms with Gasteiger partial charge in [0.1, 0.15) is 0 Å². The number of amides is 3. The quantitative estimate of drug-likeness (QED) is 0.654. The van der Waals surface area contributed by atoms with Crippen LogP contribution in [0.25, 0.3) is 0 Å². The maximum atomic E-state index is 12.9. The number of hydrogen-bond donors (Lipinski definition) is 2. The highest BCUT2D eigenvalue weighted by molar-refractivity contribution is 6.31. The first kappa shape index (κ1) is 24.7. The molecule has 0 radical (unpaired) electrons. The molecular weight excluding hydrogens is 413 g/mol. The molecule has 0 atom stereocenters. The van der Waals surface area contributed by atoms with Crippen LogP contribution in [0.1, 0.15) is 19.4 Å². The van der Waals surface area contributed by atoms with Gasteiger partial charge in [0.25, 0.3) is 0 Å². The zero-order chi connectivity index (χ0) is 22.4. The van der Waals surface area contributed by atoms with E-state index in [0.717, 1.165) is 17.0 Å². The highest BCUT2D eigenvalue weighted by atomic mass is 35.5. The second-order valence-electron chi connectivity index (χ2n) is 6.88. The third-order valence-electron chi connectivity index (χ3n) is 3.63. The molecule has 0 saturated heterocycles. The van der Waals surface area contributed by atoms with Crippen molar-refractivity contribution in [3.05, 3.63) is 28.8 Å². The van der Waals surface area contributed by atoms with Gasteiger partial charge in [-0.15, -0.1) is 0 Å². The van der Waals surface area contributed by atoms with Crippen molar-refractivity contribution in [2.45, 2.75) is 26.1 Å². The molecule has 1 aromatic carbocycles. The van der Waals surface area contributed by atoms with Crippen molar-refractivity contribution in [3.63, 3.8) is 0 Å². The number of hydrogen-bond acceptors (Lipinski definition) is 4. The van der Waals surface area contributed by atoms with E-state index in [4.69, 9.17) is 11.6 Å². The molecule has 1 rings (SSSR count). The van der Waals surface area contributed by atoms with Crippen LogP contribution >= 0.6 is 11.6 Å². The van der Waals surface area contributed by atoms with Gasteiger partial charge in [-0.2, -0.15) is 13.2 Å². The van der Waals surface area contributed by atoms with Crippen molar-refractivity contribution in [1.29, 1.82) is 0 Å². The molecule has 0 bridgehead atoms. The number of likely N-dealkylation sites (N-methyl/N-ethyl adjacent to an activating group) is 2. The number of rotatable bonds is 8. The van der Waals surface area contributed by atoms with E-state index in [2.05, 4.69) is 10.6 Å². The van der Waals surface area contributed by atoms with Crippen LogP contribution in [0.3, 0.4) is 0 Å². The minimum absolute atomic E-state index is 0.00888. The number of carbonyl (C=O) groups excluding carboxylic acids is 3. The SMILES string of the molecule is CC(C)NC(=O)CN(C)CC(=O)N(C)CC(=O)Nc1ccc(Cl)c(C(F)(F)F)c1. The van der Waals surface area contributed by atoms with Gasteiger partial charge >= 0.3 is 6.18 Å². The Bertz CT molecular complexity index is 756. The van der Waals surface area contributed by atoms with Gasteiger partial charge in [0, 0.05) is 18.8 Å². The summed E-state index contributed by atoms with van der Waals surface area (Å²) in [6.45, 7) is 3.17. The fourth-order valence-corrected chi connectivity index (χ4v) is 2.57. The van der Waals surface area contributed by atoms with E-state index in [9.17, 15) is 27.6 Å². The second kappa shape index (κ2) is 10.4. The maximum Gasteiger partial charge on any atom is 0.417 e. The smallest absolute Gasteiger partial charge is 0.353 e. The van der Waals surface area contributed by atoms with E-state index >= 15 is 0 Å². The second-order valence-corrected chi connectivity index (χ2v) is 7.29. The molecule has 7 nitrogen and oxygen atoms in total. The Kier molecular flexibility index (Phi) is 8.90. The van der Waals surface area contributed by atoms with Crippen LogP contribution in [0, 0.1) is 0 Å². The first-order chi connectivity index (χ1) is 13.3. The van der Waals surface area contributed by atoms with Gasteiger partial charge in [-0.05, 0) is 39.1 Å². The Morgan fingerprint density at radius 1 is 1.07 bits per heavy atom. The van der Waals surface area contributed by atoms with Gasteiger partial charge in [-0.25, -0.2) is 0 Å². The molecule has 0 aliphatic carbocycles. The van der Waals surface area contributed by atoms with E-state index < -0.39 is 28.6 Å². The summed E-state index contributed by atoms with van der Waals surface area (Å²) in [6, 6.07) is 2.97. The largest absolute Gasteiger partial charge is 0.417 e. The number of benzene rings is 1. The Balaban J connectivity index is 2.59.